The maximum Gasteiger partial charge on any atom is 0.224 e. The number of aryl methyl sites for hydroxylation is 3. The highest BCUT2D eigenvalue weighted by Gasteiger charge is 2.16. The van der Waals surface area contributed by atoms with Gasteiger partial charge in [0.2, 0.25) is 5.91 Å². The predicted molar refractivity (Wildman–Crippen MR) is 120 cm³/mol. The Morgan fingerprint density at radius 3 is 2.66 bits per heavy atom. The molecule has 0 aliphatic carbocycles. The second-order valence-electron chi connectivity index (χ2n) is 7.03. The Morgan fingerprint density at radius 1 is 1.17 bits per heavy atom. The SMILES string of the molecule is Cc1csc(CCCCNC(=O)Cc2c(C)nn(-c3ccc(Cl)c(Cl)c3)c2C)n1. The lowest BCUT2D eigenvalue weighted by atomic mass is 10.1. The number of hydrogen-bond donors (Lipinski definition) is 1. The van der Waals surface area contributed by atoms with Gasteiger partial charge in [-0.2, -0.15) is 5.10 Å². The third-order valence-electron chi connectivity index (χ3n) is 4.73. The van der Waals surface area contributed by atoms with Gasteiger partial charge in [-0.3, -0.25) is 4.79 Å². The summed E-state index contributed by atoms with van der Waals surface area (Å²) in [7, 11) is 0. The number of nitrogens with zero attached hydrogens (tertiary/aromatic N) is 3. The maximum atomic E-state index is 12.4. The molecule has 0 unspecified atom stereocenters. The molecule has 1 aromatic carbocycles. The molecule has 2 aromatic heterocycles. The molecule has 0 saturated carbocycles. The summed E-state index contributed by atoms with van der Waals surface area (Å²) in [6.07, 6.45) is 3.22. The van der Waals surface area contributed by atoms with Crippen LogP contribution in [0.5, 0.6) is 0 Å². The highest BCUT2D eigenvalue weighted by molar-refractivity contribution is 7.09. The molecule has 154 valence electrons. The van der Waals surface area contributed by atoms with Crippen molar-refractivity contribution in [1.82, 2.24) is 20.1 Å². The Balaban J connectivity index is 1.53. The van der Waals surface area contributed by atoms with Gasteiger partial charge in [-0.15, -0.1) is 11.3 Å². The standard InChI is InChI=1S/C21H24Cl2N4OS/c1-13-12-29-21(25-13)6-4-5-9-24-20(28)11-17-14(2)26-27(15(17)3)16-7-8-18(22)19(23)10-16/h7-8,10,12H,4-6,9,11H2,1-3H3,(H,24,28). The lowest BCUT2D eigenvalue weighted by Crippen LogP contribution is -2.26. The summed E-state index contributed by atoms with van der Waals surface area (Å²) in [6.45, 7) is 6.55. The largest absolute Gasteiger partial charge is 0.356 e. The molecule has 3 rings (SSSR count). The minimum Gasteiger partial charge on any atom is -0.356 e. The van der Waals surface area contributed by atoms with Gasteiger partial charge in [-0.05, 0) is 58.2 Å². The van der Waals surface area contributed by atoms with E-state index in [4.69, 9.17) is 23.2 Å². The zero-order chi connectivity index (χ0) is 21.0. The lowest BCUT2D eigenvalue weighted by molar-refractivity contribution is -0.120. The normalized spacial score (nSPS) is 11.1. The number of nitrogens with one attached hydrogen (secondary N) is 1. The van der Waals surface area contributed by atoms with Gasteiger partial charge in [0, 0.05) is 28.9 Å². The zero-order valence-corrected chi connectivity index (χ0v) is 19.1. The van der Waals surface area contributed by atoms with E-state index in [0.29, 0.717) is 23.0 Å². The third kappa shape index (κ3) is 5.59. The predicted octanol–water partition coefficient (Wildman–Crippen LogP) is 5.24. The van der Waals surface area contributed by atoms with Crippen molar-refractivity contribution in [2.24, 2.45) is 0 Å². The number of thiazole rings is 1. The van der Waals surface area contributed by atoms with E-state index in [0.717, 1.165) is 52.6 Å². The molecular formula is C21H24Cl2N4OS. The van der Waals surface area contributed by atoms with Crippen molar-refractivity contribution < 1.29 is 4.79 Å². The van der Waals surface area contributed by atoms with Gasteiger partial charge < -0.3 is 5.32 Å². The van der Waals surface area contributed by atoms with Gasteiger partial charge in [0.25, 0.3) is 0 Å². The van der Waals surface area contributed by atoms with Crippen molar-refractivity contribution in [2.45, 2.75) is 46.5 Å². The van der Waals surface area contributed by atoms with Crippen LogP contribution in [0.3, 0.4) is 0 Å². The van der Waals surface area contributed by atoms with Crippen LogP contribution in [-0.4, -0.2) is 27.2 Å². The van der Waals surface area contributed by atoms with E-state index in [1.807, 2.05) is 26.8 Å². The molecule has 1 N–H and O–H groups in total. The molecule has 0 aliphatic heterocycles. The quantitative estimate of drug-likeness (QED) is 0.477. The van der Waals surface area contributed by atoms with Crippen molar-refractivity contribution in [3.05, 3.63) is 61.3 Å². The summed E-state index contributed by atoms with van der Waals surface area (Å²) in [5.41, 5.74) is 4.60. The average molecular weight is 451 g/mol. The Bertz CT molecular complexity index is 1010. The number of unbranched alkanes of at least 4 members (excludes halogenated alkanes) is 1. The van der Waals surface area contributed by atoms with E-state index in [1.54, 1.807) is 28.2 Å². The van der Waals surface area contributed by atoms with Crippen LogP contribution >= 0.6 is 34.5 Å². The molecule has 0 aliphatic rings. The van der Waals surface area contributed by atoms with Crippen molar-refractivity contribution >= 4 is 40.4 Å². The first-order chi connectivity index (χ1) is 13.8. The van der Waals surface area contributed by atoms with E-state index >= 15 is 0 Å². The van der Waals surface area contributed by atoms with Crippen molar-refractivity contribution in [1.29, 1.82) is 0 Å². The third-order valence-corrected chi connectivity index (χ3v) is 6.50. The number of rotatable bonds is 8. The highest BCUT2D eigenvalue weighted by Crippen LogP contribution is 2.26. The number of carbonyl (C=O) groups is 1. The lowest BCUT2D eigenvalue weighted by Gasteiger charge is -2.08. The first-order valence-corrected chi connectivity index (χ1v) is 11.2. The van der Waals surface area contributed by atoms with Crippen LogP contribution in [0.15, 0.2) is 23.6 Å². The molecule has 2 heterocycles. The minimum atomic E-state index is 0.00924. The van der Waals surface area contributed by atoms with Crippen molar-refractivity contribution in [3.63, 3.8) is 0 Å². The zero-order valence-electron chi connectivity index (χ0n) is 16.8. The fourth-order valence-electron chi connectivity index (χ4n) is 3.17. The van der Waals surface area contributed by atoms with Gasteiger partial charge in [-0.25, -0.2) is 9.67 Å². The number of hydrogen-bond acceptors (Lipinski definition) is 4. The van der Waals surface area contributed by atoms with E-state index in [2.05, 4.69) is 20.8 Å². The van der Waals surface area contributed by atoms with Crippen LogP contribution < -0.4 is 5.32 Å². The summed E-state index contributed by atoms with van der Waals surface area (Å²) in [6, 6.07) is 5.38. The Hall–Kier alpha value is -1.89. The summed E-state index contributed by atoms with van der Waals surface area (Å²) in [5, 5.41) is 11.8. The summed E-state index contributed by atoms with van der Waals surface area (Å²) in [4.78, 5) is 16.9. The molecule has 0 spiro atoms. The van der Waals surface area contributed by atoms with Gasteiger partial charge in [0.1, 0.15) is 0 Å². The Kier molecular flexibility index (Phi) is 7.33. The number of carbonyl (C=O) groups excluding carboxylic acids is 1. The molecule has 3 aromatic rings. The minimum absolute atomic E-state index is 0.00924. The van der Waals surface area contributed by atoms with Crippen LogP contribution in [0.4, 0.5) is 0 Å². The number of amides is 1. The van der Waals surface area contributed by atoms with E-state index < -0.39 is 0 Å². The second-order valence-corrected chi connectivity index (χ2v) is 8.78. The Morgan fingerprint density at radius 2 is 1.97 bits per heavy atom. The molecule has 0 radical (unpaired) electrons. The first kappa shape index (κ1) is 21.8. The highest BCUT2D eigenvalue weighted by atomic mass is 35.5. The summed E-state index contributed by atoms with van der Waals surface area (Å²) < 4.78 is 1.80. The summed E-state index contributed by atoms with van der Waals surface area (Å²) in [5.74, 6) is 0.00924. The van der Waals surface area contributed by atoms with Crippen LogP contribution in [0, 0.1) is 20.8 Å². The molecule has 29 heavy (non-hydrogen) atoms. The molecule has 0 saturated heterocycles. The van der Waals surface area contributed by atoms with E-state index in [1.165, 1.54) is 0 Å². The van der Waals surface area contributed by atoms with Crippen molar-refractivity contribution in [2.75, 3.05) is 6.54 Å². The first-order valence-electron chi connectivity index (χ1n) is 9.53. The molecule has 0 atom stereocenters. The van der Waals surface area contributed by atoms with E-state index in [9.17, 15) is 4.79 Å². The van der Waals surface area contributed by atoms with E-state index in [-0.39, 0.29) is 5.91 Å². The number of benzene rings is 1. The molecule has 1 amide bonds. The second kappa shape index (κ2) is 9.74. The average Bonchev–Trinajstić information content (AvgIpc) is 3.21. The fraction of sp³-hybridized carbons (Fsp3) is 0.381. The van der Waals surface area contributed by atoms with Crippen LogP contribution in [0.2, 0.25) is 10.0 Å². The molecule has 8 heteroatoms. The molecule has 0 bridgehead atoms. The van der Waals surface area contributed by atoms with Crippen LogP contribution in [0.1, 0.15) is 40.5 Å². The van der Waals surface area contributed by atoms with Gasteiger partial charge in [0.15, 0.2) is 0 Å². The number of aromatic nitrogens is 3. The number of halogens is 2. The maximum absolute atomic E-state index is 12.4. The molecule has 5 nitrogen and oxygen atoms in total. The monoisotopic (exact) mass is 450 g/mol. The van der Waals surface area contributed by atoms with Gasteiger partial charge >= 0.3 is 0 Å². The smallest absolute Gasteiger partial charge is 0.224 e. The fourth-order valence-corrected chi connectivity index (χ4v) is 4.28. The molecule has 0 fully saturated rings. The van der Waals surface area contributed by atoms with Gasteiger partial charge in [0.05, 0.1) is 32.9 Å². The van der Waals surface area contributed by atoms with Gasteiger partial charge in [-0.1, -0.05) is 23.2 Å². The van der Waals surface area contributed by atoms with Crippen molar-refractivity contribution in [3.8, 4) is 5.69 Å². The van der Waals surface area contributed by atoms with Crippen LogP contribution in [-0.2, 0) is 17.6 Å². The Labute approximate surface area is 185 Å². The topological polar surface area (TPSA) is 59.8 Å². The molecular weight excluding hydrogens is 427 g/mol. The summed E-state index contributed by atoms with van der Waals surface area (Å²) >= 11 is 13.8. The van der Waals surface area contributed by atoms with Crippen LogP contribution in [0.25, 0.3) is 5.69 Å².